The predicted octanol–water partition coefficient (Wildman–Crippen LogP) is 1.24. The molecule has 9 heavy (non-hydrogen) atoms. The Balaban J connectivity index is 3.20. The molecule has 0 saturated carbocycles. The maximum Gasteiger partial charge on any atom is 0.177 e. The van der Waals surface area contributed by atoms with E-state index in [9.17, 15) is 0 Å². The van der Waals surface area contributed by atoms with Crippen LogP contribution in [0.25, 0.3) is 0 Å². The van der Waals surface area contributed by atoms with E-state index in [-0.39, 0.29) is 5.69 Å². The number of H-pyrrole nitrogens is 1. The van der Waals surface area contributed by atoms with Crippen LogP contribution in [0.2, 0.25) is 5.15 Å². The summed E-state index contributed by atoms with van der Waals surface area (Å²) in [6, 6.07) is 1.84. The van der Waals surface area contributed by atoms with E-state index >= 15 is 0 Å². The Labute approximate surface area is 57.3 Å². The lowest BCUT2D eigenvalue weighted by Crippen LogP contribution is -1.72. The van der Waals surface area contributed by atoms with E-state index in [0.29, 0.717) is 11.0 Å². The lowest BCUT2D eigenvalue weighted by Gasteiger charge is -1.73. The molecule has 0 bridgehead atoms. The Kier molecular flexibility index (Phi) is 1.41. The highest BCUT2D eigenvalue weighted by molar-refractivity contribution is 6.30. The molecule has 1 heterocycles. The van der Waals surface area contributed by atoms with Crippen molar-refractivity contribution in [3.8, 4) is 6.07 Å². The van der Waals surface area contributed by atoms with Crippen molar-refractivity contribution in [1.82, 2.24) is 9.97 Å². The molecule has 0 aromatic carbocycles. The van der Waals surface area contributed by atoms with Gasteiger partial charge in [0.05, 0.1) is 0 Å². The van der Waals surface area contributed by atoms with Gasteiger partial charge in [0.25, 0.3) is 0 Å². The highest BCUT2D eigenvalue weighted by Crippen LogP contribution is 2.09. The molecular weight excluding hydrogens is 138 g/mol. The zero-order chi connectivity index (χ0) is 6.85. The van der Waals surface area contributed by atoms with Gasteiger partial charge in [0.15, 0.2) is 5.69 Å². The molecule has 1 rings (SSSR count). The summed E-state index contributed by atoms with van der Waals surface area (Å²) in [5.41, 5.74) is 0.258. The van der Waals surface area contributed by atoms with Crippen LogP contribution < -0.4 is 0 Å². The Morgan fingerprint density at radius 3 is 2.67 bits per heavy atom. The number of hydrogen-bond donors (Lipinski definition) is 1. The monoisotopic (exact) mass is 141 g/mol. The van der Waals surface area contributed by atoms with Gasteiger partial charge in [-0.2, -0.15) is 5.26 Å². The van der Waals surface area contributed by atoms with Crippen molar-refractivity contribution in [3.05, 3.63) is 16.7 Å². The SMILES string of the molecule is Cc1nc(C#N)c(Cl)[nH]1. The van der Waals surface area contributed by atoms with Crippen LogP contribution >= 0.6 is 11.6 Å². The van der Waals surface area contributed by atoms with E-state index in [4.69, 9.17) is 16.9 Å². The van der Waals surface area contributed by atoms with Crippen molar-refractivity contribution >= 4 is 11.6 Å². The normalized spacial score (nSPS) is 9.00. The molecule has 0 saturated heterocycles. The molecule has 0 aliphatic carbocycles. The van der Waals surface area contributed by atoms with Crippen molar-refractivity contribution in [3.63, 3.8) is 0 Å². The number of aryl methyl sites for hydroxylation is 1. The maximum absolute atomic E-state index is 8.31. The Bertz CT molecular complexity index is 258. The van der Waals surface area contributed by atoms with Gasteiger partial charge < -0.3 is 4.98 Å². The molecule has 0 aliphatic heterocycles. The molecule has 0 aliphatic rings. The number of aromatic amines is 1. The van der Waals surface area contributed by atoms with Crippen LogP contribution in [0.4, 0.5) is 0 Å². The number of imidazole rings is 1. The molecule has 0 atom stereocenters. The number of nitriles is 1. The first-order chi connectivity index (χ1) is 4.24. The minimum atomic E-state index is 0.258. The van der Waals surface area contributed by atoms with Gasteiger partial charge in [0, 0.05) is 0 Å². The standard InChI is InChI=1S/C5H4ClN3/c1-3-8-4(2-7)5(6)9-3/h1H3,(H,8,9). The minimum Gasteiger partial charge on any atom is -0.332 e. The van der Waals surface area contributed by atoms with Gasteiger partial charge in [-0.15, -0.1) is 0 Å². The number of nitrogens with one attached hydrogen (secondary N) is 1. The molecule has 1 N–H and O–H groups in total. The van der Waals surface area contributed by atoms with Crippen LogP contribution in [-0.4, -0.2) is 9.97 Å². The first kappa shape index (κ1) is 6.12. The number of rotatable bonds is 0. The number of aromatic nitrogens is 2. The zero-order valence-electron chi connectivity index (χ0n) is 4.77. The van der Waals surface area contributed by atoms with Gasteiger partial charge in [0.2, 0.25) is 0 Å². The van der Waals surface area contributed by atoms with E-state index in [0.717, 1.165) is 0 Å². The molecule has 0 unspecified atom stereocenters. The minimum absolute atomic E-state index is 0.258. The summed E-state index contributed by atoms with van der Waals surface area (Å²) in [6.07, 6.45) is 0. The second kappa shape index (κ2) is 2.08. The largest absolute Gasteiger partial charge is 0.332 e. The summed E-state index contributed by atoms with van der Waals surface area (Å²) < 4.78 is 0. The van der Waals surface area contributed by atoms with Gasteiger partial charge in [-0.1, -0.05) is 11.6 Å². The summed E-state index contributed by atoms with van der Waals surface area (Å²) in [7, 11) is 0. The van der Waals surface area contributed by atoms with Crippen LogP contribution in [0.5, 0.6) is 0 Å². The van der Waals surface area contributed by atoms with E-state index in [2.05, 4.69) is 9.97 Å². The van der Waals surface area contributed by atoms with Crippen molar-refractivity contribution in [2.24, 2.45) is 0 Å². The molecule has 46 valence electrons. The first-order valence-corrected chi connectivity index (χ1v) is 2.74. The zero-order valence-corrected chi connectivity index (χ0v) is 5.53. The quantitative estimate of drug-likeness (QED) is 0.591. The molecule has 0 spiro atoms. The van der Waals surface area contributed by atoms with Gasteiger partial charge in [0.1, 0.15) is 17.0 Å². The van der Waals surface area contributed by atoms with E-state index in [1.165, 1.54) is 0 Å². The molecule has 0 amide bonds. The first-order valence-electron chi connectivity index (χ1n) is 2.36. The lowest BCUT2D eigenvalue weighted by atomic mass is 10.5. The van der Waals surface area contributed by atoms with Crippen molar-refractivity contribution in [2.45, 2.75) is 6.92 Å². The summed E-state index contributed by atoms with van der Waals surface area (Å²) in [4.78, 5) is 6.47. The second-order valence-corrected chi connectivity index (χ2v) is 1.97. The lowest BCUT2D eigenvalue weighted by molar-refractivity contribution is 1.14. The van der Waals surface area contributed by atoms with Crippen LogP contribution in [0.15, 0.2) is 0 Å². The van der Waals surface area contributed by atoms with Crippen LogP contribution in [0, 0.1) is 18.3 Å². The van der Waals surface area contributed by atoms with Crippen LogP contribution in [-0.2, 0) is 0 Å². The number of hydrogen-bond acceptors (Lipinski definition) is 2. The third kappa shape index (κ3) is 1.03. The Morgan fingerprint density at radius 1 is 1.78 bits per heavy atom. The highest BCUT2D eigenvalue weighted by Gasteiger charge is 2.01. The molecule has 1 aromatic rings. The van der Waals surface area contributed by atoms with E-state index in [1.54, 1.807) is 6.92 Å². The fourth-order valence-corrected chi connectivity index (χ4v) is 0.758. The van der Waals surface area contributed by atoms with Crippen molar-refractivity contribution in [1.29, 1.82) is 5.26 Å². The van der Waals surface area contributed by atoms with Crippen molar-refractivity contribution in [2.75, 3.05) is 0 Å². The Hall–Kier alpha value is -1.01. The molecule has 0 fully saturated rings. The maximum atomic E-state index is 8.31. The Morgan fingerprint density at radius 2 is 2.44 bits per heavy atom. The van der Waals surface area contributed by atoms with E-state index < -0.39 is 0 Å². The van der Waals surface area contributed by atoms with Gasteiger partial charge >= 0.3 is 0 Å². The topological polar surface area (TPSA) is 52.5 Å². The third-order valence-corrected chi connectivity index (χ3v) is 1.16. The third-order valence-electron chi connectivity index (χ3n) is 0.884. The smallest absolute Gasteiger partial charge is 0.177 e. The summed E-state index contributed by atoms with van der Waals surface area (Å²) in [5, 5.41) is 8.63. The number of halogens is 1. The van der Waals surface area contributed by atoms with Gasteiger partial charge in [-0.3, -0.25) is 0 Å². The highest BCUT2D eigenvalue weighted by atomic mass is 35.5. The molecule has 1 aromatic heterocycles. The molecular formula is C5H4ClN3. The van der Waals surface area contributed by atoms with Crippen LogP contribution in [0.1, 0.15) is 11.5 Å². The fraction of sp³-hybridized carbons (Fsp3) is 0.200. The average molecular weight is 142 g/mol. The molecule has 4 heteroatoms. The second-order valence-electron chi connectivity index (χ2n) is 1.60. The number of nitrogens with zero attached hydrogens (tertiary/aromatic N) is 2. The average Bonchev–Trinajstić information content (AvgIpc) is 2.10. The van der Waals surface area contributed by atoms with Crippen molar-refractivity contribution < 1.29 is 0 Å². The van der Waals surface area contributed by atoms with Crippen LogP contribution in [0.3, 0.4) is 0 Å². The van der Waals surface area contributed by atoms with Gasteiger partial charge in [-0.05, 0) is 6.92 Å². The predicted molar refractivity (Wildman–Crippen MR) is 33.0 cm³/mol. The fourth-order valence-electron chi connectivity index (χ4n) is 0.537. The molecule has 0 radical (unpaired) electrons. The molecule has 3 nitrogen and oxygen atoms in total. The van der Waals surface area contributed by atoms with E-state index in [1.807, 2.05) is 6.07 Å². The summed E-state index contributed by atoms with van der Waals surface area (Å²) >= 11 is 5.50. The van der Waals surface area contributed by atoms with Gasteiger partial charge in [-0.25, -0.2) is 4.98 Å². The summed E-state index contributed by atoms with van der Waals surface area (Å²) in [5.74, 6) is 0.663. The summed E-state index contributed by atoms with van der Waals surface area (Å²) in [6.45, 7) is 1.74.